The molecule has 11 heteroatoms. The van der Waals surface area contributed by atoms with E-state index in [4.69, 9.17) is 9.47 Å². The highest BCUT2D eigenvalue weighted by Crippen LogP contribution is 2.38. The number of hydrogen-bond donors (Lipinski definition) is 1. The second kappa shape index (κ2) is 11.1. The van der Waals surface area contributed by atoms with Crippen LogP contribution in [-0.2, 0) is 33.8 Å². The summed E-state index contributed by atoms with van der Waals surface area (Å²) in [5.74, 6) is -1.27. The molecule has 0 fully saturated rings. The van der Waals surface area contributed by atoms with E-state index in [1.54, 1.807) is 31.4 Å². The van der Waals surface area contributed by atoms with Crippen molar-refractivity contribution in [3.63, 3.8) is 0 Å². The summed E-state index contributed by atoms with van der Waals surface area (Å²) in [5.41, 5.74) is 0.407. The smallest absolute Gasteiger partial charge is 0.332 e. The van der Waals surface area contributed by atoms with E-state index < -0.39 is 36.2 Å². The number of aliphatic carboxylic acids is 1. The molecule has 0 unspecified atom stereocenters. The molecule has 0 aliphatic heterocycles. The Balaban J connectivity index is 2.08. The molecule has 192 valence electrons. The predicted molar refractivity (Wildman–Crippen MR) is 143 cm³/mol. The lowest BCUT2D eigenvalue weighted by Gasteiger charge is -2.13. The molecule has 2 heterocycles. The van der Waals surface area contributed by atoms with Gasteiger partial charge in [-0.25, -0.2) is 9.36 Å². The maximum atomic E-state index is 13.6. The number of hydrogen-bond acceptors (Lipinski definition) is 8. The second-order valence-electron chi connectivity index (χ2n) is 8.04. The number of rotatable bonds is 9. The van der Waals surface area contributed by atoms with E-state index in [0.717, 1.165) is 15.0 Å². The SMILES string of the molecule is COC(=O)Cn1c(=O)c2c(CC(=O)O)c(-c3ccc(OC)cc3)sc2n(Cc2ccccc2SC)c1=O. The Labute approximate surface area is 219 Å². The van der Waals surface area contributed by atoms with Crippen LogP contribution >= 0.6 is 23.1 Å². The third-order valence-electron chi connectivity index (χ3n) is 5.87. The van der Waals surface area contributed by atoms with Gasteiger partial charge >= 0.3 is 17.6 Å². The molecule has 0 spiro atoms. The summed E-state index contributed by atoms with van der Waals surface area (Å²) in [5, 5.41) is 9.80. The van der Waals surface area contributed by atoms with Crippen LogP contribution < -0.4 is 16.0 Å². The Kier molecular flexibility index (Phi) is 7.84. The van der Waals surface area contributed by atoms with E-state index in [9.17, 15) is 24.3 Å². The van der Waals surface area contributed by atoms with Gasteiger partial charge in [0.15, 0.2) is 0 Å². The maximum Gasteiger partial charge on any atom is 0.332 e. The van der Waals surface area contributed by atoms with Gasteiger partial charge in [-0.2, -0.15) is 0 Å². The Bertz CT molecular complexity index is 1600. The molecule has 0 atom stereocenters. The maximum absolute atomic E-state index is 13.6. The molecule has 0 amide bonds. The molecular weight excluding hydrogens is 516 g/mol. The zero-order valence-corrected chi connectivity index (χ0v) is 22.0. The fourth-order valence-corrected chi connectivity index (χ4v) is 6.01. The monoisotopic (exact) mass is 540 g/mol. The molecule has 0 saturated heterocycles. The van der Waals surface area contributed by atoms with Crippen LogP contribution in [0.25, 0.3) is 20.7 Å². The van der Waals surface area contributed by atoms with Crippen LogP contribution in [0, 0.1) is 0 Å². The number of aromatic nitrogens is 2. The molecule has 0 aliphatic carbocycles. The van der Waals surface area contributed by atoms with Crippen molar-refractivity contribution in [2.45, 2.75) is 24.4 Å². The summed E-state index contributed by atoms with van der Waals surface area (Å²) in [6.45, 7) is -0.461. The first kappa shape index (κ1) is 26.2. The summed E-state index contributed by atoms with van der Waals surface area (Å²) >= 11 is 2.70. The zero-order valence-electron chi connectivity index (χ0n) is 20.3. The average molecular weight is 541 g/mol. The second-order valence-corrected chi connectivity index (χ2v) is 9.88. The van der Waals surface area contributed by atoms with Crippen molar-refractivity contribution in [2.24, 2.45) is 0 Å². The van der Waals surface area contributed by atoms with Crippen molar-refractivity contribution < 1.29 is 24.2 Å². The first-order valence-electron chi connectivity index (χ1n) is 11.1. The summed E-state index contributed by atoms with van der Waals surface area (Å²) in [6.07, 6.45) is 1.49. The number of thiophene rings is 1. The van der Waals surface area contributed by atoms with Crippen LogP contribution in [0.2, 0.25) is 0 Å². The lowest BCUT2D eigenvalue weighted by Crippen LogP contribution is -2.42. The van der Waals surface area contributed by atoms with Gasteiger partial charge in [-0.05, 0) is 53.3 Å². The quantitative estimate of drug-likeness (QED) is 0.253. The summed E-state index contributed by atoms with van der Waals surface area (Å²) in [4.78, 5) is 53.0. The van der Waals surface area contributed by atoms with Gasteiger partial charge < -0.3 is 14.6 Å². The molecular formula is C26H24N2O7S2. The fourth-order valence-electron chi connectivity index (χ4n) is 4.09. The number of carboxylic acid groups (broad SMARTS) is 1. The highest BCUT2D eigenvalue weighted by atomic mass is 32.2. The number of methoxy groups -OCH3 is 2. The minimum absolute atomic E-state index is 0.100. The van der Waals surface area contributed by atoms with Gasteiger partial charge in [-0.1, -0.05) is 18.2 Å². The number of thioether (sulfide) groups is 1. The predicted octanol–water partition coefficient (Wildman–Crippen LogP) is 3.47. The molecule has 2 aromatic carbocycles. The Hall–Kier alpha value is -3.83. The van der Waals surface area contributed by atoms with E-state index >= 15 is 0 Å². The van der Waals surface area contributed by atoms with Crippen molar-refractivity contribution in [3.05, 3.63) is 80.5 Å². The molecule has 37 heavy (non-hydrogen) atoms. The number of benzene rings is 2. The molecule has 1 N–H and O–H groups in total. The first-order valence-corrected chi connectivity index (χ1v) is 13.2. The molecule has 9 nitrogen and oxygen atoms in total. The van der Waals surface area contributed by atoms with Crippen LogP contribution in [0.3, 0.4) is 0 Å². The summed E-state index contributed by atoms with van der Waals surface area (Å²) < 4.78 is 12.2. The van der Waals surface area contributed by atoms with Gasteiger partial charge in [0.05, 0.1) is 32.6 Å². The minimum atomic E-state index is -1.13. The number of fused-ring (bicyclic) bond motifs is 1. The molecule has 0 saturated carbocycles. The Morgan fingerprint density at radius 1 is 1.03 bits per heavy atom. The number of carbonyl (C=O) groups excluding carboxylic acids is 1. The van der Waals surface area contributed by atoms with E-state index in [1.807, 2.05) is 30.5 Å². The Morgan fingerprint density at radius 3 is 2.35 bits per heavy atom. The van der Waals surface area contributed by atoms with Crippen LogP contribution in [0.15, 0.2) is 63.0 Å². The standard InChI is InChI=1S/C26H24N2O7S2/c1-34-17-10-8-15(9-11-17)23-18(12-20(29)30)22-24(32)27(14-21(31)35-2)26(33)28(25(22)37-23)13-16-6-4-5-7-19(16)36-3/h4-11H,12-14H2,1-3H3,(H,29,30). The highest BCUT2D eigenvalue weighted by Gasteiger charge is 2.25. The lowest BCUT2D eigenvalue weighted by atomic mass is 10.0. The lowest BCUT2D eigenvalue weighted by molar-refractivity contribution is -0.141. The van der Waals surface area contributed by atoms with E-state index in [2.05, 4.69) is 0 Å². The number of ether oxygens (including phenoxy) is 2. The normalized spacial score (nSPS) is 11.0. The Morgan fingerprint density at radius 2 is 1.73 bits per heavy atom. The van der Waals surface area contributed by atoms with E-state index in [1.165, 1.54) is 34.8 Å². The van der Waals surface area contributed by atoms with Crippen LogP contribution in [0.5, 0.6) is 5.75 Å². The number of esters is 1. The van der Waals surface area contributed by atoms with Crippen LogP contribution in [-0.4, -0.2) is 46.7 Å². The zero-order chi connectivity index (χ0) is 26.7. The largest absolute Gasteiger partial charge is 0.497 e. The van der Waals surface area contributed by atoms with Crippen molar-refractivity contribution in [1.29, 1.82) is 0 Å². The van der Waals surface area contributed by atoms with Crippen molar-refractivity contribution in [2.75, 3.05) is 20.5 Å². The molecule has 2 aromatic heterocycles. The van der Waals surface area contributed by atoms with Crippen molar-refractivity contribution in [1.82, 2.24) is 9.13 Å². The third kappa shape index (κ3) is 5.18. The van der Waals surface area contributed by atoms with Crippen LogP contribution in [0.4, 0.5) is 0 Å². The average Bonchev–Trinajstić information content (AvgIpc) is 3.27. The van der Waals surface area contributed by atoms with E-state index in [0.29, 0.717) is 21.0 Å². The number of carbonyl (C=O) groups is 2. The first-order chi connectivity index (χ1) is 17.8. The van der Waals surface area contributed by atoms with Gasteiger partial charge in [-0.15, -0.1) is 23.1 Å². The number of nitrogens with zero attached hydrogens (tertiary/aromatic N) is 2. The number of carboxylic acids is 1. The van der Waals surface area contributed by atoms with Crippen molar-refractivity contribution >= 4 is 45.3 Å². The van der Waals surface area contributed by atoms with Crippen molar-refractivity contribution in [3.8, 4) is 16.2 Å². The van der Waals surface area contributed by atoms with Gasteiger partial charge in [0.2, 0.25) is 0 Å². The van der Waals surface area contributed by atoms with Crippen LogP contribution in [0.1, 0.15) is 11.1 Å². The third-order valence-corrected chi connectivity index (χ3v) is 8.01. The topological polar surface area (TPSA) is 117 Å². The molecule has 0 aliphatic rings. The van der Waals surface area contributed by atoms with Gasteiger partial charge in [0.1, 0.15) is 17.1 Å². The van der Waals surface area contributed by atoms with E-state index in [-0.39, 0.29) is 17.5 Å². The summed E-state index contributed by atoms with van der Waals surface area (Å²) in [6, 6.07) is 14.6. The molecule has 4 rings (SSSR count). The highest BCUT2D eigenvalue weighted by molar-refractivity contribution is 7.98. The molecule has 0 radical (unpaired) electrons. The molecule has 4 aromatic rings. The van der Waals surface area contributed by atoms with Gasteiger partial charge in [-0.3, -0.25) is 19.0 Å². The fraction of sp³-hybridized carbons (Fsp3) is 0.231. The van der Waals surface area contributed by atoms with Gasteiger partial charge in [0.25, 0.3) is 5.56 Å². The molecule has 0 bridgehead atoms. The summed E-state index contributed by atoms with van der Waals surface area (Å²) in [7, 11) is 2.71. The minimum Gasteiger partial charge on any atom is -0.497 e. The van der Waals surface area contributed by atoms with Gasteiger partial charge in [0, 0.05) is 9.77 Å².